The van der Waals surface area contributed by atoms with E-state index in [0.29, 0.717) is 26.0 Å². The average Bonchev–Trinajstić information content (AvgIpc) is 2.54. The number of nitrogens with zero attached hydrogens (tertiary/aromatic N) is 2. The first-order chi connectivity index (χ1) is 10.9. The molecule has 1 aromatic carbocycles. The van der Waals surface area contributed by atoms with Crippen LogP contribution in [-0.4, -0.2) is 41.4 Å². The summed E-state index contributed by atoms with van der Waals surface area (Å²) in [7, 11) is 0. The van der Waals surface area contributed by atoms with E-state index < -0.39 is 4.92 Å². The number of ether oxygens (including phenoxy) is 1. The Hall–Kier alpha value is -2.15. The van der Waals surface area contributed by atoms with Crippen molar-refractivity contribution >= 4 is 29.2 Å². The highest BCUT2D eigenvalue weighted by Crippen LogP contribution is 2.26. The Morgan fingerprint density at radius 3 is 2.83 bits per heavy atom. The SMILES string of the molecule is CCOC(=O)[C@@H]1CCCN(C(=O)c2ccc([N+](=O)[O-])cc2Cl)C1. The maximum absolute atomic E-state index is 12.5. The van der Waals surface area contributed by atoms with Gasteiger partial charge in [-0.15, -0.1) is 0 Å². The second-order valence-corrected chi connectivity index (χ2v) is 5.67. The van der Waals surface area contributed by atoms with Crippen LogP contribution in [0.4, 0.5) is 5.69 Å². The first kappa shape index (κ1) is 17.2. The molecule has 0 radical (unpaired) electrons. The predicted octanol–water partition coefficient (Wildman–Crippen LogP) is 2.66. The second kappa shape index (κ2) is 7.41. The summed E-state index contributed by atoms with van der Waals surface area (Å²) in [6.45, 7) is 2.82. The highest BCUT2D eigenvalue weighted by molar-refractivity contribution is 6.34. The molecular weight excluding hydrogens is 324 g/mol. The van der Waals surface area contributed by atoms with Gasteiger partial charge in [-0.3, -0.25) is 19.7 Å². The minimum atomic E-state index is -0.572. The van der Waals surface area contributed by atoms with Crippen LogP contribution in [-0.2, 0) is 9.53 Å². The number of carbonyl (C=O) groups is 2. The van der Waals surface area contributed by atoms with Gasteiger partial charge in [-0.05, 0) is 25.8 Å². The Kier molecular flexibility index (Phi) is 5.54. The Morgan fingerprint density at radius 2 is 2.22 bits per heavy atom. The number of likely N-dealkylation sites (tertiary alicyclic amines) is 1. The van der Waals surface area contributed by atoms with Crippen molar-refractivity contribution < 1.29 is 19.2 Å². The minimum Gasteiger partial charge on any atom is -0.466 e. The number of carbonyl (C=O) groups excluding carboxylic acids is 2. The molecule has 1 aliphatic rings. The lowest BCUT2D eigenvalue weighted by atomic mass is 9.97. The van der Waals surface area contributed by atoms with Crippen LogP contribution >= 0.6 is 11.6 Å². The van der Waals surface area contributed by atoms with Crippen LogP contribution in [0.5, 0.6) is 0 Å². The average molecular weight is 341 g/mol. The van der Waals surface area contributed by atoms with Gasteiger partial charge >= 0.3 is 5.97 Å². The zero-order chi connectivity index (χ0) is 17.0. The number of nitro benzene ring substituents is 1. The molecule has 0 unspecified atom stereocenters. The van der Waals surface area contributed by atoms with Gasteiger partial charge in [0.1, 0.15) is 0 Å². The number of esters is 1. The van der Waals surface area contributed by atoms with Gasteiger partial charge in [-0.25, -0.2) is 0 Å². The number of piperidine rings is 1. The van der Waals surface area contributed by atoms with Gasteiger partial charge in [-0.2, -0.15) is 0 Å². The van der Waals surface area contributed by atoms with Crippen LogP contribution in [0.1, 0.15) is 30.1 Å². The molecule has 0 aliphatic carbocycles. The van der Waals surface area contributed by atoms with Crippen molar-refractivity contribution in [2.45, 2.75) is 19.8 Å². The maximum Gasteiger partial charge on any atom is 0.310 e. The third kappa shape index (κ3) is 3.98. The molecule has 1 amide bonds. The summed E-state index contributed by atoms with van der Waals surface area (Å²) in [5, 5.41) is 10.7. The Balaban J connectivity index is 2.13. The second-order valence-electron chi connectivity index (χ2n) is 5.26. The van der Waals surface area contributed by atoms with E-state index in [0.717, 1.165) is 6.07 Å². The Labute approximate surface area is 138 Å². The lowest BCUT2D eigenvalue weighted by molar-refractivity contribution is -0.384. The largest absolute Gasteiger partial charge is 0.466 e. The van der Waals surface area contributed by atoms with Crippen molar-refractivity contribution in [2.24, 2.45) is 5.92 Å². The van der Waals surface area contributed by atoms with Crippen LogP contribution in [0, 0.1) is 16.0 Å². The van der Waals surface area contributed by atoms with Gasteiger partial charge in [0.2, 0.25) is 0 Å². The van der Waals surface area contributed by atoms with Crippen LogP contribution in [0.2, 0.25) is 5.02 Å². The van der Waals surface area contributed by atoms with Gasteiger partial charge in [0, 0.05) is 25.2 Å². The van der Waals surface area contributed by atoms with E-state index in [4.69, 9.17) is 16.3 Å². The third-order valence-corrected chi connectivity index (χ3v) is 4.04. The fourth-order valence-electron chi connectivity index (χ4n) is 2.58. The fourth-order valence-corrected chi connectivity index (χ4v) is 2.83. The molecule has 23 heavy (non-hydrogen) atoms. The van der Waals surface area contributed by atoms with Crippen LogP contribution < -0.4 is 0 Å². The van der Waals surface area contributed by atoms with Crippen LogP contribution in [0.25, 0.3) is 0 Å². The summed E-state index contributed by atoms with van der Waals surface area (Å²) in [5.74, 6) is -0.983. The van der Waals surface area contributed by atoms with Crippen molar-refractivity contribution in [1.29, 1.82) is 0 Å². The first-order valence-corrected chi connectivity index (χ1v) is 7.71. The lowest BCUT2D eigenvalue weighted by Gasteiger charge is -2.31. The molecule has 7 nitrogen and oxygen atoms in total. The van der Waals surface area contributed by atoms with Crippen molar-refractivity contribution in [2.75, 3.05) is 19.7 Å². The number of non-ortho nitro benzene ring substituents is 1. The maximum atomic E-state index is 12.5. The zero-order valence-electron chi connectivity index (χ0n) is 12.7. The number of rotatable bonds is 4. The standard InChI is InChI=1S/C15H17ClN2O5/c1-2-23-15(20)10-4-3-7-17(9-10)14(19)12-6-5-11(18(21)22)8-13(12)16/h5-6,8,10H,2-4,7,9H2,1H3/t10-/m1/s1. The number of hydrogen-bond acceptors (Lipinski definition) is 5. The predicted molar refractivity (Wildman–Crippen MR) is 83.4 cm³/mol. The topological polar surface area (TPSA) is 89.8 Å². The summed E-state index contributed by atoms with van der Waals surface area (Å²) in [4.78, 5) is 36.1. The summed E-state index contributed by atoms with van der Waals surface area (Å²) in [6.07, 6.45) is 1.37. The van der Waals surface area contributed by atoms with E-state index in [1.807, 2.05) is 0 Å². The molecule has 1 fully saturated rings. The molecule has 1 heterocycles. The van der Waals surface area contributed by atoms with E-state index in [-0.39, 0.29) is 40.6 Å². The highest BCUT2D eigenvalue weighted by atomic mass is 35.5. The smallest absolute Gasteiger partial charge is 0.310 e. The van der Waals surface area contributed by atoms with E-state index in [2.05, 4.69) is 0 Å². The first-order valence-electron chi connectivity index (χ1n) is 7.34. The van der Waals surface area contributed by atoms with Gasteiger partial charge in [0.05, 0.1) is 28.0 Å². The molecule has 1 saturated heterocycles. The van der Waals surface area contributed by atoms with Crippen LogP contribution in [0.3, 0.4) is 0 Å². The molecule has 124 valence electrons. The van der Waals surface area contributed by atoms with E-state index in [1.165, 1.54) is 17.0 Å². The molecule has 0 saturated carbocycles. The summed E-state index contributed by atoms with van der Waals surface area (Å²) < 4.78 is 5.00. The number of amides is 1. The van der Waals surface area contributed by atoms with Gasteiger partial charge in [0.25, 0.3) is 11.6 Å². The van der Waals surface area contributed by atoms with Crippen molar-refractivity contribution in [1.82, 2.24) is 4.90 Å². The van der Waals surface area contributed by atoms with Crippen molar-refractivity contribution in [3.63, 3.8) is 0 Å². The Morgan fingerprint density at radius 1 is 1.48 bits per heavy atom. The number of nitro groups is 1. The molecule has 0 bridgehead atoms. The zero-order valence-corrected chi connectivity index (χ0v) is 13.4. The van der Waals surface area contributed by atoms with Gasteiger partial charge < -0.3 is 9.64 Å². The summed E-state index contributed by atoms with van der Waals surface area (Å²) in [6, 6.07) is 3.74. The van der Waals surface area contributed by atoms with Crippen LogP contribution in [0.15, 0.2) is 18.2 Å². The monoisotopic (exact) mass is 340 g/mol. The van der Waals surface area contributed by atoms with E-state index in [1.54, 1.807) is 6.92 Å². The number of halogens is 1. The fraction of sp³-hybridized carbons (Fsp3) is 0.467. The minimum absolute atomic E-state index is 0.0301. The molecular formula is C15H17ClN2O5. The Bertz CT molecular complexity index is 634. The van der Waals surface area contributed by atoms with E-state index in [9.17, 15) is 19.7 Å². The molecule has 1 aromatic rings. The number of hydrogen-bond donors (Lipinski definition) is 0. The number of benzene rings is 1. The molecule has 0 aromatic heterocycles. The molecule has 1 aliphatic heterocycles. The van der Waals surface area contributed by atoms with E-state index >= 15 is 0 Å². The van der Waals surface area contributed by atoms with Gasteiger partial charge in [-0.1, -0.05) is 11.6 Å². The quantitative estimate of drug-likeness (QED) is 0.477. The van der Waals surface area contributed by atoms with Gasteiger partial charge in [0.15, 0.2) is 0 Å². The van der Waals surface area contributed by atoms with Crippen molar-refractivity contribution in [3.8, 4) is 0 Å². The normalized spacial score (nSPS) is 17.7. The molecule has 2 rings (SSSR count). The molecule has 0 N–H and O–H groups in total. The lowest BCUT2D eigenvalue weighted by Crippen LogP contribution is -2.42. The highest BCUT2D eigenvalue weighted by Gasteiger charge is 2.30. The third-order valence-electron chi connectivity index (χ3n) is 3.72. The summed E-state index contributed by atoms with van der Waals surface area (Å²) in [5.41, 5.74) is 0.0244. The van der Waals surface area contributed by atoms with Crippen molar-refractivity contribution in [3.05, 3.63) is 38.9 Å². The molecule has 0 spiro atoms. The molecule has 8 heteroatoms. The molecule has 1 atom stereocenters. The summed E-state index contributed by atoms with van der Waals surface area (Å²) >= 11 is 5.99.